The van der Waals surface area contributed by atoms with Crippen molar-refractivity contribution in [3.05, 3.63) is 34.7 Å². The Kier molecular flexibility index (Phi) is 5.70. The van der Waals surface area contributed by atoms with E-state index in [9.17, 15) is 0 Å². The molecule has 4 N–H and O–H groups in total. The van der Waals surface area contributed by atoms with Crippen molar-refractivity contribution < 1.29 is 0 Å². The summed E-state index contributed by atoms with van der Waals surface area (Å²) in [7, 11) is 0. The Hall–Kier alpha value is -0.670. The van der Waals surface area contributed by atoms with Gasteiger partial charge in [-0.3, -0.25) is 0 Å². The van der Waals surface area contributed by atoms with Gasteiger partial charge in [-0.15, -0.1) is 0 Å². The molecule has 0 saturated carbocycles. The average Bonchev–Trinajstić information content (AvgIpc) is 2.01. The van der Waals surface area contributed by atoms with E-state index in [0.717, 1.165) is 10.6 Å². The van der Waals surface area contributed by atoms with Crippen LogP contribution in [0.1, 0.15) is 6.92 Å². The van der Waals surface area contributed by atoms with Crippen molar-refractivity contribution >= 4 is 11.8 Å². The standard InChI is InChI=1S/C8H14N2S/c1-3-4-8(10)6-11-7(2)5-9/h3-4,6H,2,5,9-10H2,1H3/b4-3-,8-6-. The van der Waals surface area contributed by atoms with Crippen LogP contribution in [-0.2, 0) is 0 Å². The molecular weight excluding hydrogens is 156 g/mol. The van der Waals surface area contributed by atoms with Crippen molar-refractivity contribution in [1.29, 1.82) is 0 Å². The van der Waals surface area contributed by atoms with Gasteiger partial charge in [0.25, 0.3) is 0 Å². The lowest BCUT2D eigenvalue weighted by Crippen LogP contribution is -1.98. The average molecular weight is 170 g/mol. The molecule has 0 rings (SSSR count). The fourth-order valence-electron chi connectivity index (χ4n) is 0.431. The van der Waals surface area contributed by atoms with E-state index < -0.39 is 0 Å². The van der Waals surface area contributed by atoms with E-state index in [1.165, 1.54) is 11.8 Å². The molecule has 0 unspecified atom stereocenters. The Morgan fingerprint density at radius 1 is 1.64 bits per heavy atom. The van der Waals surface area contributed by atoms with Crippen LogP contribution in [0.4, 0.5) is 0 Å². The second-order valence-electron chi connectivity index (χ2n) is 1.98. The van der Waals surface area contributed by atoms with Gasteiger partial charge < -0.3 is 11.5 Å². The molecule has 0 amide bonds. The quantitative estimate of drug-likeness (QED) is 0.630. The van der Waals surface area contributed by atoms with Crippen LogP contribution in [0.2, 0.25) is 0 Å². The lowest BCUT2D eigenvalue weighted by atomic mass is 10.4. The second-order valence-corrected chi connectivity index (χ2v) is 3.03. The minimum absolute atomic E-state index is 0.490. The highest BCUT2D eigenvalue weighted by atomic mass is 32.2. The van der Waals surface area contributed by atoms with E-state index in [2.05, 4.69) is 6.58 Å². The Bertz CT molecular complexity index is 183. The number of nitrogens with two attached hydrogens (primary N) is 2. The van der Waals surface area contributed by atoms with Crippen LogP contribution in [-0.4, -0.2) is 6.54 Å². The molecule has 0 aromatic rings. The largest absolute Gasteiger partial charge is 0.398 e. The Morgan fingerprint density at radius 2 is 2.27 bits per heavy atom. The number of allylic oxidation sites excluding steroid dienone is 2. The maximum Gasteiger partial charge on any atom is 0.0378 e. The fraction of sp³-hybridized carbons (Fsp3) is 0.250. The zero-order valence-electron chi connectivity index (χ0n) is 6.71. The van der Waals surface area contributed by atoms with E-state index in [0.29, 0.717) is 6.54 Å². The van der Waals surface area contributed by atoms with E-state index in [4.69, 9.17) is 11.5 Å². The summed E-state index contributed by atoms with van der Waals surface area (Å²) in [6.07, 6.45) is 3.72. The van der Waals surface area contributed by atoms with Crippen molar-refractivity contribution in [3.63, 3.8) is 0 Å². The van der Waals surface area contributed by atoms with Gasteiger partial charge in [-0.1, -0.05) is 24.4 Å². The molecule has 0 aliphatic carbocycles. The number of thioether (sulfide) groups is 1. The molecule has 0 aliphatic rings. The van der Waals surface area contributed by atoms with Crippen LogP contribution in [0.15, 0.2) is 34.7 Å². The van der Waals surface area contributed by atoms with Crippen molar-refractivity contribution in [3.8, 4) is 0 Å². The first-order chi connectivity index (χ1) is 5.20. The smallest absolute Gasteiger partial charge is 0.0378 e. The highest BCUT2D eigenvalue weighted by molar-refractivity contribution is 8.05. The van der Waals surface area contributed by atoms with Crippen LogP contribution in [0.25, 0.3) is 0 Å². The molecule has 0 aromatic carbocycles. The fourth-order valence-corrected chi connectivity index (χ4v) is 0.909. The van der Waals surface area contributed by atoms with Gasteiger partial charge in [0.05, 0.1) is 0 Å². The molecule has 2 nitrogen and oxygen atoms in total. The number of rotatable bonds is 4. The van der Waals surface area contributed by atoms with Crippen molar-refractivity contribution in [2.75, 3.05) is 6.54 Å². The number of hydrogen-bond donors (Lipinski definition) is 2. The normalized spacial score (nSPS) is 12.4. The molecule has 0 saturated heterocycles. The molecule has 0 bridgehead atoms. The summed E-state index contributed by atoms with van der Waals surface area (Å²) < 4.78 is 0. The zero-order chi connectivity index (χ0) is 8.69. The third-order valence-electron chi connectivity index (χ3n) is 0.948. The predicted molar refractivity (Wildman–Crippen MR) is 52.9 cm³/mol. The molecule has 0 aromatic heterocycles. The first kappa shape index (κ1) is 10.3. The monoisotopic (exact) mass is 170 g/mol. The Labute approximate surface area is 72.0 Å². The predicted octanol–water partition coefficient (Wildman–Crippen LogP) is 1.57. The van der Waals surface area contributed by atoms with Crippen LogP contribution in [0.3, 0.4) is 0 Å². The maximum atomic E-state index is 5.56. The van der Waals surface area contributed by atoms with Gasteiger partial charge in [0.15, 0.2) is 0 Å². The van der Waals surface area contributed by atoms with Gasteiger partial charge in [-0.25, -0.2) is 0 Å². The van der Waals surface area contributed by atoms with Crippen LogP contribution in [0, 0.1) is 0 Å². The molecule has 0 spiro atoms. The van der Waals surface area contributed by atoms with Gasteiger partial charge in [-0.05, 0) is 23.3 Å². The van der Waals surface area contributed by atoms with Crippen LogP contribution in [0.5, 0.6) is 0 Å². The molecule has 0 heterocycles. The first-order valence-electron chi connectivity index (χ1n) is 3.33. The van der Waals surface area contributed by atoms with E-state index >= 15 is 0 Å². The maximum absolute atomic E-state index is 5.56. The van der Waals surface area contributed by atoms with Crippen molar-refractivity contribution in [2.24, 2.45) is 11.5 Å². The third kappa shape index (κ3) is 5.76. The van der Waals surface area contributed by atoms with Crippen LogP contribution >= 0.6 is 11.8 Å². The van der Waals surface area contributed by atoms with Gasteiger partial charge in [0.1, 0.15) is 0 Å². The summed E-state index contributed by atoms with van der Waals surface area (Å²) in [4.78, 5) is 0.914. The molecule has 0 radical (unpaired) electrons. The molecular formula is C8H14N2S. The third-order valence-corrected chi connectivity index (χ3v) is 1.84. The minimum atomic E-state index is 0.490. The summed E-state index contributed by atoms with van der Waals surface area (Å²) in [5, 5.41) is 1.83. The lowest BCUT2D eigenvalue weighted by Gasteiger charge is -1.95. The summed E-state index contributed by atoms with van der Waals surface area (Å²) in [5.41, 5.74) is 11.6. The van der Waals surface area contributed by atoms with Crippen LogP contribution < -0.4 is 11.5 Å². The second kappa shape index (κ2) is 6.07. The topological polar surface area (TPSA) is 52.0 Å². The SMILES string of the molecule is C=C(CN)S/C=C(N)/C=C\C. The first-order valence-corrected chi connectivity index (χ1v) is 4.21. The minimum Gasteiger partial charge on any atom is -0.398 e. The summed E-state index contributed by atoms with van der Waals surface area (Å²) >= 11 is 1.47. The molecule has 0 aliphatic heterocycles. The van der Waals surface area contributed by atoms with E-state index in [1.54, 1.807) is 0 Å². The van der Waals surface area contributed by atoms with E-state index in [1.807, 2.05) is 24.5 Å². The molecule has 11 heavy (non-hydrogen) atoms. The Morgan fingerprint density at radius 3 is 2.73 bits per heavy atom. The highest BCUT2D eigenvalue weighted by Gasteiger charge is 1.87. The van der Waals surface area contributed by atoms with Gasteiger partial charge in [0.2, 0.25) is 0 Å². The van der Waals surface area contributed by atoms with Crippen molar-refractivity contribution in [1.82, 2.24) is 0 Å². The number of hydrogen-bond acceptors (Lipinski definition) is 3. The zero-order valence-corrected chi connectivity index (χ0v) is 7.53. The van der Waals surface area contributed by atoms with Gasteiger partial charge in [0, 0.05) is 12.2 Å². The lowest BCUT2D eigenvalue weighted by molar-refractivity contribution is 1.24. The van der Waals surface area contributed by atoms with E-state index in [-0.39, 0.29) is 0 Å². The molecule has 0 atom stereocenters. The molecule has 0 fully saturated rings. The highest BCUT2D eigenvalue weighted by Crippen LogP contribution is 2.13. The Balaban J connectivity index is 3.82. The van der Waals surface area contributed by atoms with Gasteiger partial charge >= 0.3 is 0 Å². The van der Waals surface area contributed by atoms with Gasteiger partial charge in [-0.2, -0.15) is 0 Å². The molecule has 62 valence electrons. The molecule has 3 heteroatoms. The van der Waals surface area contributed by atoms with Crippen molar-refractivity contribution in [2.45, 2.75) is 6.92 Å². The summed E-state index contributed by atoms with van der Waals surface area (Å²) in [5.74, 6) is 0. The summed E-state index contributed by atoms with van der Waals surface area (Å²) in [6.45, 7) is 6.13. The summed E-state index contributed by atoms with van der Waals surface area (Å²) in [6, 6.07) is 0.